The lowest BCUT2D eigenvalue weighted by molar-refractivity contribution is 0.0605. The summed E-state index contributed by atoms with van der Waals surface area (Å²) < 4.78 is 4.90. The Bertz CT molecular complexity index is 984. The molecular formula is C19H19ClN4O2S. The third-order valence-corrected chi connectivity index (χ3v) is 6.15. The highest BCUT2D eigenvalue weighted by Gasteiger charge is 2.25. The predicted octanol–water partition coefficient (Wildman–Crippen LogP) is 3.77. The zero-order valence-corrected chi connectivity index (χ0v) is 16.7. The second-order valence-corrected chi connectivity index (χ2v) is 7.69. The van der Waals surface area contributed by atoms with Crippen molar-refractivity contribution in [1.82, 2.24) is 9.97 Å². The van der Waals surface area contributed by atoms with Crippen LogP contribution in [-0.2, 0) is 4.74 Å². The van der Waals surface area contributed by atoms with E-state index in [4.69, 9.17) is 16.3 Å². The number of anilines is 2. The average molecular weight is 403 g/mol. The van der Waals surface area contributed by atoms with Crippen molar-refractivity contribution in [3.05, 3.63) is 46.1 Å². The first-order valence-electron chi connectivity index (χ1n) is 8.68. The largest absolute Gasteiger partial charge is 0.465 e. The molecule has 1 saturated heterocycles. The van der Waals surface area contributed by atoms with Gasteiger partial charge in [-0.2, -0.15) is 4.98 Å². The van der Waals surface area contributed by atoms with Gasteiger partial charge in [-0.3, -0.25) is 0 Å². The van der Waals surface area contributed by atoms with E-state index < -0.39 is 0 Å². The van der Waals surface area contributed by atoms with Crippen LogP contribution in [0.5, 0.6) is 0 Å². The number of benzene rings is 1. The van der Waals surface area contributed by atoms with Crippen LogP contribution in [0.3, 0.4) is 0 Å². The molecule has 0 unspecified atom stereocenters. The number of piperazine rings is 1. The fraction of sp³-hybridized carbons (Fsp3) is 0.316. The number of para-hydroxylation sites is 1. The zero-order valence-electron chi connectivity index (χ0n) is 15.1. The summed E-state index contributed by atoms with van der Waals surface area (Å²) in [5.74, 6) is 0.438. The third-order valence-electron chi connectivity index (χ3n) is 4.82. The number of aryl methyl sites for hydroxylation is 1. The molecule has 3 aromatic rings. The molecule has 4 rings (SSSR count). The van der Waals surface area contributed by atoms with E-state index in [-0.39, 0.29) is 11.3 Å². The summed E-state index contributed by atoms with van der Waals surface area (Å²) in [5, 5.41) is 1.08. The molecule has 0 N–H and O–H groups in total. The summed E-state index contributed by atoms with van der Waals surface area (Å²) in [6.07, 6.45) is 0. The first-order valence-corrected chi connectivity index (χ1v) is 9.88. The first kappa shape index (κ1) is 18.0. The summed E-state index contributed by atoms with van der Waals surface area (Å²) in [4.78, 5) is 26.7. The summed E-state index contributed by atoms with van der Waals surface area (Å²) in [6.45, 7) is 5.33. The van der Waals surface area contributed by atoms with Crippen molar-refractivity contribution >= 4 is 50.6 Å². The fourth-order valence-corrected chi connectivity index (χ4v) is 4.73. The molecule has 1 aliphatic heterocycles. The van der Waals surface area contributed by atoms with Crippen molar-refractivity contribution in [3.8, 4) is 0 Å². The van der Waals surface area contributed by atoms with E-state index in [1.54, 1.807) is 0 Å². The Balaban J connectivity index is 1.66. The highest BCUT2D eigenvalue weighted by Crippen LogP contribution is 2.37. The molecule has 0 spiro atoms. The van der Waals surface area contributed by atoms with E-state index in [1.165, 1.54) is 24.1 Å². The minimum atomic E-state index is -0.355. The lowest BCUT2D eigenvalue weighted by Crippen LogP contribution is -2.47. The van der Waals surface area contributed by atoms with Crippen LogP contribution in [0.1, 0.15) is 15.2 Å². The van der Waals surface area contributed by atoms with Crippen LogP contribution < -0.4 is 9.80 Å². The van der Waals surface area contributed by atoms with Gasteiger partial charge >= 0.3 is 5.97 Å². The molecule has 140 valence electrons. The molecule has 1 aromatic carbocycles. The second kappa shape index (κ2) is 7.32. The van der Waals surface area contributed by atoms with Crippen LogP contribution >= 0.6 is 22.9 Å². The number of methoxy groups -OCH3 is 1. The fourth-order valence-electron chi connectivity index (χ4n) is 3.42. The number of halogens is 1. The summed E-state index contributed by atoms with van der Waals surface area (Å²) in [5.41, 5.74) is 2.07. The van der Waals surface area contributed by atoms with Crippen molar-refractivity contribution in [2.45, 2.75) is 6.92 Å². The smallest absolute Gasteiger partial charge is 0.348 e. The summed E-state index contributed by atoms with van der Waals surface area (Å²) in [6, 6.07) is 10.4. The Morgan fingerprint density at radius 3 is 2.44 bits per heavy atom. The Morgan fingerprint density at radius 1 is 1.11 bits per heavy atom. The maximum absolute atomic E-state index is 12.1. The lowest BCUT2D eigenvalue weighted by atomic mass is 10.1. The first-order chi connectivity index (χ1) is 13.1. The van der Waals surface area contributed by atoms with Crippen LogP contribution in [0.2, 0.25) is 5.28 Å². The van der Waals surface area contributed by atoms with Gasteiger partial charge in [-0.25, -0.2) is 9.78 Å². The highest BCUT2D eigenvalue weighted by molar-refractivity contribution is 7.20. The number of carbonyl (C=O) groups excluding carboxylic acids is 1. The van der Waals surface area contributed by atoms with E-state index in [0.29, 0.717) is 9.71 Å². The molecular weight excluding hydrogens is 384 g/mol. The van der Waals surface area contributed by atoms with Crippen LogP contribution in [0, 0.1) is 6.92 Å². The molecule has 8 heteroatoms. The number of ether oxygens (including phenoxy) is 1. The number of fused-ring (bicyclic) bond motifs is 1. The Kier molecular flexibility index (Phi) is 4.88. The number of aromatic nitrogens is 2. The van der Waals surface area contributed by atoms with Crippen molar-refractivity contribution in [3.63, 3.8) is 0 Å². The molecule has 3 heterocycles. The minimum absolute atomic E-state index is 0.195. The third kappa shape index (κ3) is 3.33. The molecule has 0 aliphatic carbocycles. The molecule has 0 amide bonds. The van der Waals surface area contributed by atoms with Gasteiger partial charge < -0.3 is 14.5 Å². The second-order valence-electron chi connectivity index (χ2n) is 6.35. The van der Waals surface area contributed by atoms with E-state index in [9.17, 15) is 4.79 Å². The molecule has 0 atom stereocenters. The van der Waals surface area contributed by atoms with E-state index >= 15 is 0 Å². The number of carbonyl (C=O) groups is 1. The van der Waals surface area contributed by atoms with Crippen LogP contribution in [0.15, 0.2) is 30.3 Å². The van der Waals surface area contributed by atoms with Gasteiger partial charge in [-0.15, -0.1) is 11.3 Å². The monoisotopic (exact) mass is 402 g/mol. The maximum Gasteiger partial charge on any atom is 0.348 e. The highest BCUT2D eigenvalue weighted by atomic mass is 35.5. The maximum atomic E-state index is 12.1. The number of rotatable bonds is 3. The van der Waals surface area contributed by atoms with Gasteiger partial charge in [-0.05, 0) is 36.2 Å². The lowest BCUT2D eigenvalue weighted by Gasteiger charge is -2.37. The van der Waals surface area contributed by atoms with E-state index in [1.807, 2.05) is 13.0 Å². The Hall–Kier alpha value is -2.38. The van der Waals surface area contributed by atoms with Gasteiger partial charge in [-0.1, -0.05) is 18.2 Å². The van der Waals surface area contributed by atoms with Gasteiger partial charge in [0.1, 0.15) is 15.5 Å². The molecule has 27 heavy (non-hydrogen) atoms. The van der Waals surface area contributed by atoms with Gasteiger partial charge in [0.25, 0.3) is 0 Å². The molecule has 6 nitrogen and oxygen atoms in total. The van der Waals surface area contributed by atoms with Crippen molar-refractivity contribution in [2.75, 3.05) is 43.1 Å². The van der Waals surface area contributed by atoms with Gasteiger partial charge in [0.05, 0.1) is 12.5 Å². The van der Waals surface area contributed by atoms with Crippen molar-refractivity contribution < 1.29 is 9.53 Å². The molecule has 1 aliphatic rings. The van der Waals surface area contributed by atoms with Crippen LogP contribution in [0.25, 0.3) is 10.2 Å². The number of hydrogen-bond acceptors (Lipinski definition) is 7. The Labute approximate surface area is 166 Å². The van der Waals surface area contributed by atoms with Crippen LogP contribution in [-0.4, -0.2) is 49.2 Å². The topological polar surface area (TPSA) is 58.6 Å². The van der Waals surface area contributed by atoms with Crippen LogP contribution in [0.4, 0.5) is 11.5 Å². The molecule has 0 radical (unpaired) electrons. The number of esters is 1. The number of nitrogens with zero attached hydrogens (tertiary/aromatic N) is 4. The molecule has 1 fully saturated rings. The van der Waals surface area contributed by atoms with Crippen molar-refractivity contribution in [2.24, 2.45) is 0 Å². The SMILES string of the molecule is COC(=O)c1sc2nc(Cl)nc(N3CCN(c4ccccc4)CC3)c2c1C. The standard InChI is InChI=1S/C19H19ClN4O2S/c1-12-14-16(21-19(20)22-17(14)27-15(12)18(25)26-2)24-10-8-23(9-11-24)13-6-4-3-5-7-13/h3-7H,8-11H2,1-2H3. The summed E-state index contributed by atoms with van der Waals surface area (Å²) in [7, 11) is 1.38. The Morgan fingerprint density at radius 2 is 1.78 bits per heavy atom. The zero-order chi connectivity index (χ0) is 19.0. The molecule has 0 saturated carbocycles. The number of thiophene rings is 1. The minimum Gasteiger partial charge on any atom is -0.465 e. The van der Waals surface area contributed by atoms with Crippen molar-refractivity contribution in [1.29, 1.82) is 0 Å². The molecule has 0 bridgehead atoms. The average Bonchev–Trinajstić information content (AvgIpc) is 3.04. The number of hydrogen-bond donors (Lipinski definition) is 0. The van der Waals surface area contributed by atoms with Gasteiger partial charge in [0.15, 0.2) is 0 Å². The van der Waals surface area contributed by atoms with E-state index in [2.05, 4.69) is 44.0 Å². The van der Waals surface area contributed by atoms with Gasteiger partial charge in [0.2, 0.25) is 5.28 Å². The normalized spacial score (nSPS) is 14.6. The summed E-state index contributed by atoms with van der Waals surface area (Å²) >= 11 is 7.47. The molecule has 2 aromatic heterocycles. The quantitative estimate of drug-likeness (QED) is 0.491. The predicted molar refractivity (Wildman–Crippen MR) is 109 cm³/mol. The van der Waals surface area contributed by atoms with E-state index in [0.717, 1.165) is 42.9 Å². The van der Waals surface area contributed by atoms with Gasteiger partial charge in [0, 0.05) is 31.9 Å².